The Morgan fingerprint density at radius 3 is 2.69 bits per heavy atom. The lowest BCUT2D eigenvalue weighted by atomic mass is 10.1. The van der Waals surface area contributed by atoms with Gasteiger partial charge in [0.25, 0.3) is 0 Å². The number of aromatic nitrogens is 3. The van der Waals surface area contributed by atoms with Gasteiger partial charge in [-0.3, -0.25) is 9.78 Å². The molecule has 3 heterocycles. The summed E-state index contributed by atoms with van der Waals surface area (Å²) in [6.07, 6.45) is 5.38. The van der Waals surface area contributed by atoms with Crippen LogP contribution in [0, 0.1) is 5.92 Å². The molecule has 2 aromatic heterocycles. The molecule has 148 valence electrons. The number of benzene rings is 1. The van der Waals surface area contributed by atoms with Gasteiger partial charge >= 0.3 is 0 Å². The number of carbonyl (C=O) groups excluding carboxylic acids is 1. The molecule has 0 radical (unpaired) electrons. The van der Waals surface area contributed by atoms with Crippen molar-refractivity contribution >= 4 is 17.4 Å². The molecule has 1 amide bonds. The fourth-order valence-electron chi connectivity index (χ4n) is 3.64. The Labute approximate surface area is 171 Å². The Hall–Kier alpha value is -3.28. The molecule has 1 atom stereocenters. The van der Waals surface area contributed by atoms with Crippen molar-refractivity contribution in [3.63, 3.8) is 0 Å². The Kier molecular flexibility index (Phi) is 5.51. The Morgan fingerprint density at radius 2 is 1.97 bits per heavy atom. The average Bonchev–Trinajstić information content (AvgIpc) is 3.24. The number of pyridine rings is 1. The number of hydrogen-bond acceptors (Lipinski definition) is 5. The Morgan fingerprint density at radius 1 is 1.14 bits per heavy atom. The third-order valence-corrected chi connectivity index (χ3v) is 5.07. The topological polar surface area (TPSA) is 71.0 Å². The van der Waals surface area contributed by atoms with Crippen LogP contribution < -0.4 is 5.32 Å². The predicted octanol–water partition coefficient (Wildman–Crippen LogP) is 4.60. The first-order valence-electron chi connectivity index (χ1n) is 10.0. The number of carbonyl (C=O) groups is 1. The van der Waals surface area contributed by atoms with Gasteiger partial charge in [-0.15, -0.1) is 0 Å². The summed E-state index contributed by atoms with van der Waals surface area (Å²) in [4.78, 5) is 28.5. The molecule has 0 aliphatic carbocycles. The minimum atomic E-state index is -0.0992. The van der Waals surface area contributed by atoms with Gasteiger partial charge in [-0.1, -0.05) is 32.0 Å². The fraction of sp³-hybridized carbons (Fsp3) is 0.304. The van der Waals surface area contributed by atoms with Gasteiger partial charge in [-0.25, -0.2) is 9.97 Å². The largest absolute Gasteiger partial charge is 0.340 e. The second-order valence-electron chi connectivity index (χ2n) is 7.57. The summed E-state index contributed by atoms with van der Waals surface area (Å²) in [5.74, 6) is 1.50. The van der Waals surface area contributed by atoms with E-state index in [2.05, 4.69) is 10.3 Å². The molecule has 1 unspecified atom stereocenters. The Bertz CT molecular complexity index is 975. The number of hydrogen-bond donors (Lipinski definition) is 1. The lowest BCUT2D eigenvalue weighted by Crippen LogP contribution is -2.34. The van der Waals surface area contributed by atoms with Gasteiger partial charge in [-0.2, -0.15) is 0 Å². The maximum absolute atomic E-state index is 12.7. The number of nitrogens with zero attached hydrogens (tertiary/aromatic N) is 4. The molecular weight excluding hydrogens is 362 g/mol. The summed E-state index contributed by atoms with van der Waals surface area (Å²) >= 11 is 0. The monoisotopic (exact) mass is 387 g/mol. The standard InChI is InChI=1S/C23H25N5O/c1-16(2)23(29)28-13-7-11-20(28)22-26-19(17-8-6-12-24-15-17)14-21(27-22)25-18-9-4-3-5-10-18/h3-6,8-10,12,14-16,20H,7,11,13H2,1-2H3,(H,25,26,27). The molecule has 1 aliphatic rings. The quantitative estimate of drug-likeness (QED) is 0.693. The van der Waals surface area contributed by atoms with Crippen molar-refractivity contribution in [1.29, 1.82) is 0 Å². The summed E-state index contributed by atoms with van der Waals surface area (Å²) in [6, 6.07) is 15.6. The van der Waals surface area contributed by atoms with Gasteiger partial charge in [-0.05, 0) is 37.1 Å². The molecule has 0 saturated carbocycles. The first-order chi connectivity index (χ1) is 14.1. The molecular formula is C23H25N5O. The van der Waals surface area contributed by atoms with Crippen LogP contribution in [-0.2, 0) is 4.79 Å². The lowest BCUT2D eigenvalue weighted by Gasteiger charge is -2.26. The molecule has 1 aromatic carbocycles. The van der Waals surface area contributed by atoms with Crippen molar-refractivity contribution in [2.45, 2.75) is 32.7 Å². The molecule has 1 saturated heterocycles. The summed E-state index contributed by atoms with van der Waals surface area (Å²) in [7, 11) is 0. The van der Waals surface area contributed by atoms with Gasteiger partial charge in [0.1, 0.15) is 5.82 Å². The van der Waals surface area contributed by atoms with E-state index < -0.39 is 0 Å². The highest BCUT2D eigenvalue weighted by Gasteiger charge is 2.33. The second-order valence-corrected chi connectivity index (χ2v) is 7.57. The van der Waals surface area contributed by atoms with Crippen LogP contribution in [0.1, 0.15) is 38.6 Å². The minimum absolute atomic E-state index is 0.0426. The normalized spacial score (nSPS) is 16.2. The number of para-hydroxylation sites is 1. The smallest absolute Gasteiger partial charge is 0.225 e. The van der Waals surface area contributed by atoms with Crippen molar-refractivity contribution in [1.82, 2.24) is 19.9 Å². The van der Waals surface area contributed by atoms with Gasteiger partial charge in [0.15, 0.2) is 5.82 Å². The van der Waals surface area contributed by atoms with Crippen LogP contribution in [0.5, 0.6) is 0 Å². The SMILES string of the molecule is CC(C)C(=O)N1CCCC1c1nc(Nc2ccccc2)cc(-c2cccnc2)n1. The summed E-state index contributed by atoms with van der Waals surface area (Å²) in [5, 5.41) is 3.37. The van der Waals surface area contributed by atoms with Gasteiger partial charge in [0, 0.05) is 42.2 Å². The lowest BCUT2D eigenvalue weighted by molar-refractivity contribution is -0.135. The van der Waals surface area contributed by atoms with Crippen LogP contribution in [0.15, 0.2) is 60.9 Å². The van der Waals surface area contributed by atoms with Crippen LogP contribution in [-0.4, -0.2) is 32.3 Å². The van der Waals surface area contributed by atoms with E-state index in [1.165, 1.54) is 0 Å². The number of nitrogens with one attached hydrogen (secondary N) is 1. The van der Waals surface area contributed by atoms with E-state index in [0.717, 1.165) is 36.3 Å². The minimum Gasteiger partial charge on any atom is -0.340 e. The molecule has 1 N–H and O–H groups in total. The molecule has 6 nitrogen and oxygen atoms in total. The van der Waals surface area contributed by atoms with E-state index in [1.54, 1.807) is 12.4 Å². The maximum Gasteiger partial charge on any atom is 0.225 e. The number of likely N-dealkylation sites (tertiary alicyclic amines) is 1. The summed E-state index contributed by atoms with van der Waals surface area (Å²) in [6.45, 7) is 4.63. The van der Waals surface area contributed by atoms with E-state index in [9.17, 15) is 4.79 Å². The van der Waals surface area contributed by atoms with Gasteiger partial charge in [0.2, 0.25) is 5.91 Å². The molecule has 1 fully saturated rings. The zero-order valence-electron chi connectivity index (χ0n) is 16.7. The van der Waals surface area contributed by atoms with Crippen LogP contribution >= 0.6 is 0 Å². The summed E-state index contributed by atoms with van der Waals surface area (Å²) < 4.78 is 0. The third-order valence-electron chi connectivity index (χ3n) is 5.07. The van der Waals surface area contributed by atoms with Crippen LogP contribution in [0.3, 0.4) is 0 Å². The second kappa shape index (κ2) is 8.39. The number of rotatable bonds is 5. The zero-order valence-corrected chi connectivity index (χ0v) is 16.7. The highest BCUT2D eigenvalue weighted by molar-refractivity contribution is 5.79. The molecule has 3 aromatic rings. The van der Waals surface area contributed by atoms with Crippen molar-refractivity contribution in [2.24, 2.45) is 5.92 Å². The molecule has 29 heavy (non-hydrogen) atoms. The Balaban J connectivity index is 1.74. The fourth-order valence-corrected chi connectivity index (χ4v) is 3.64. The predicted molar refractivity (Wildman–Crippen MR) is 114 cm³/mol. The van der Waals surface area contributed by atoms with Crippen LogP contribution in [0.2, 0.25) is 0 Å². The number of anilines is 2. The van der Waals surface area contributed by atoms with E-state index in [-0.39, 0.29) is 17.9 Å². The first kappa shape index (κ1) is 19.1. The first-order valence-corrected chi connectivity index (χ1v) is 10.0. The average molecular weight is 387 g/mol. The summed E-state index contributed by atoms with van der Waals surface area (Å²) in [5.41, 5.74) is 2.67. The molecule has 0 bridgehead atoms. The molecule has 4 rings (SSSR count). The molecule has 6 heteroatoms. The van der Waals surface area contributed by atoms with Gasteiger partial charge in [0.05, 0.1) is 11.7 Å². The van der Waals surface area contributed by atoms with E-state index >= 15 is 0 Å². The maximum atomic E-state index is 12.7. The highest BCUT2D eigenvalue weighted by Crippen LogP contribution is 2.33. The van der Waals surface area contributed by atoms with Crippen molar-refractivity contribution in [3.8, 4) is 11.3 Å². The van der Waals surface area contributed by atoms with Crippen molar-refractivity contribution < 1.29 is 4.79 Å². The van der Waals surface area contributed by atoms with Gasteiger partial charge < -0.3 is 10.2 Å². The van der Waals surface area contributed by atoms with Crippen molar-refractivity contribution in [2.75, 3.05) is 11.9 Å². The van der Waals surface area contributed by atoms with E-state index in [4.69, 9.17) is 9.97 Å². The highest BCUT2D eigenvalue weighted by atomic mass is 16.2. The van der Waals surface area contributed by atoms with E-state index in [0.29, 0.717) is 11.6 Å². The zero-order chi connectivity index (χ0) is 20.2. The van der Waals surface area contributed by atoms with E-state index in [1.807, 2.05) is 67.3 Å². The van der Waals surface area contributed by atoms with Crippen LogP contribution in [0.25, 0.3) is 11.3 Å². The molecule has 1 aliphatic heterocycles. The third kappa shape index (κ3) is 4.26. The van der Waals surface area contributed by atoms with Crippen molar-refractivity contribution in [3.05, 3.63) is 66.7 Å². The van der Waals surface area contributed by atoms with Crippen LogP contribution in [0.4, 0.5) is 11.5 Å². The number of amides is 1. The molecule has 0 spiro atoms.